The van der Waals surface area contributed by atoms with Crippen molar-refractivity contribution in [3.63, 3.8) is 0 Å². The lowest BCUT2D eigenvalue weighted by atomic mass is 9.89. The lowest BCUT2D eigenvalue weighted by Crippen LogP contribution is -2.53. The fourth-order valence-electron chi connectivity index (χ4n) is 3.42. The number of rotatable bonds is 4. The summed E-state index contributed by atoms with van der Waals surface area (Å²) >= 11 is 0. The number of hydrogen-bond acceptors (Lipinski definition) is 7. The van der Waals surface area contributed by atoms with Crippen LogP contribution in [0.2, 0.25) is 0 Å². The van der Waals surface area contributed by atoms with Crippen LogP contribution in [0, 0.1) is 0 Å². The molecular formula is C16H28O7. The van der Waals surface area contributed by atoms with Crippen molar-refractivity contribution in [2.75, 3.05) is 7.11 Å². The minimum Gasteiger partial charge on any atom is -0.467 e. The summed E-state index contributed by atoms with van der Waals surface area (Å²) in [6.07, 6.45) is 0.0431. The molecule has 0 aliphatic carbocycles. The van der Waals surface area contributed by atoms with Crippen molar-refractivity contribution in [3.05, 3.63) is 0 Å². The lowest BCUT2D eigenvalue weighted by molar-refractivity contribution is -0.310. The van der Waals surface area contributed by atoms with Crippen LogP contribution < -0.4 is 0 Å². The molecule has 0 amide bonds. The maximum absolute atomic E-state index is 11.6. The maximum atomic E-state index is 11.6. The van der Waals surface area contributed by atoms with Gasteiger partial charge in [-0.3, -0.25) is 0 Å². The molecule has 2 fully saturated rings. The Kier molecular flexibility index (Phi) is 4.58. The second-order valence-corrected chi connectivity index (χ2v) is 7.64. The summed E-state index contributed by atoms with van der Waals surface area (Å²) in [6, 6.07) is 0. The van der Waals surface area contributed by atoms with Crippen molar-refractivity contribution in [1.29, 1.82) is 0 Å². The van der Waals surface area contributed by atoms with E-state index in [0.29, 0.717) is 19.3 Å². The van der Waals surface area contributed by atoms with E-state index in [1.165, 1.54) is 21.0 Å². The van der Waals surface area contributed by atoms with Crippen molar-refractivity contribution in [3.8, 4) is 0 Å². The van der Waals surface area contributed by atoms with E-state index in [1.54, 1.807) is 6.92 Å². The van der Waals surface area contributed by atoms with Gasteiger partial charge in [0.2, 0.25) is 0 Å². The Bertz CT molecular complexity index is 474. The van der Waals surface area contributed by atoms with Gasteiger partial charge >= 0.3 is 5.97 Å². The van der Waals surface area contributed by atoms with Gasteiger partial charge in [0.25, 0.3) is 0 Å². The number of carbonyl (C=O) groups is 1. The number of hydrogen-bond donors (Lipinski definition) is 3. The lowest BCUT2D eigenvalue weighted by Gasteiger charge is -2.39. The zero-order valence-corrected chi connectivity index (χ0v) is 14.5. The minimum atomic E-state index is -1.65. The summed E-state index contributed by atoms with van der Waals surface area (Å²) in [5.41, 5.74) is -3.26. The van der Waals surface area contributed by atoms with Crippen LogP contribution in [0.4, 0.5) is 0 Å². The molecule has 2 rings (SSSR count). The van der Waals surface area contributed by atoms with Crippen LogP contribution in [0.5, 0.6) is 0 Å². The van der Waals surface area contributed by atoms with Crippen molar-refractivity contribution < 1.29 is 34.3 Å². The summed E-state index contributed by atoms with van der Waals surface area (Å²) in [4.78, 5) is 11.6. The number of aliphatic hydroxyl groups is 3. The first-order chi connectivity index (χ1) is 10.4. The van der Waals surface area contributed by atoms with Crippen LogP contribution in [0.3, 0.4) is 0 Å². The van der Waals surface area contributed by atoms with Crippen LogP contribution in [-0.2, 0) is 19.0 Å². The molecule has 5 atom stereocenters. The summed E-state index contributed by atoms with van der Waals surface area (Å²) in [6.45, 7) is 6.48. The van der Waals surface area contributed by atoms with Gasteiger partial charge in [0, 0.05) is 6.42 Å². The van der Waals surface area contributed by atoms with Crippen LogP contribution in [0.1, 0.15) is 53.4 Å². The second-order valence-electron chi connectivity index (χ2n) is 7.64. The molecule has 1 unspecified atom stereocenters. The Labute approximate surface area is 136 Å². The first-order valence-corrected chi connectivity index (χ1v) is 7.95. The number of esters is 1. The molecule has 2 aliphatic heterocycles. The standard InChI is InChI=1S/C16H28O7/c1-13(2,19)16(20)9-8-14(3,23-16)10-6-7-15(4,22-10)11(17)12(18)21-5/h10-11,17,19-20H,6-9H2,1-5H3/t10-,11+,14-,15+,16?/m0/s1. The molecule has 2 saturated heterocycles. The molecule has 3 N–H and O–H groups in total. The van der Waals surface area contributed by atoms with Crippen LogP contribution in [0.25, 0.3) is 0 Å². The fraction of sp³-hybridized carbons (Fsp3) is 0.938. The Hall–Kier alpha value is -0.730. The molecule has 2 heterocycles. The summed E-state index contributed by atoms with van der Waals surface area (Å²) in [7, 11) is 1.21. The van der Waals surface area contributed by atoms with Crippen LogP contribution in [0.15, 0.2) is 0 Å². The van der Waals surface area contributed by atoms with Crippen molar-refractivity contribution in [2.45, 2.75) is 88.2 Å². The normalized spacial score (nSPS) is 42.7. The summed E-state index contributed by atoms with van der Waals surface area (Å²) in [5.74, 6) is -2.39. The molecule has 7 nitrogen and oxygen atoms in total. The first kappa shape index (κ1) is 18.6. The number of aliphatic hydroxyl groups excluding tert-OH is 1. The van der Waals surface area contributed by atoms with Gasteiger partial charge in [-0.05, 0) is 47.0 Å². The van der Waals surface area contributed by atoms with Gasteiger partial charge in [-0.25, -0.2) is 4.79 Å². The molecule has 0 aromatic carbocycles. The molecule has 2 aliphatic rings. The van der Waals surface area contributed by atoms with Crippen molar-refractivity contribution in [1.82, 2.24) is 0 Å². The van der Waals surface area contributed by atoms with Crippen molar-refractivity contribution >= 4 is 5.97 Å². The zero-order chi connectivity index (χ0) is 17.7. The van der Waals surface area contributed by atoms with E-state index in [2.05, 4.69) is 4.74 Å². The molecule has 0 aromatic heterocycles. The Balaban J connectivity index is 2.12. The van der Waals surface area contributed by atoms with E-state index in [9.17, 15) is 20.1 Å². The van der Waals surface area contributed by atoms with Crippen LogP contribution in [-0.4, -0.2) is 63.2 Å². The van der Waals surface area contributed by atoms with Gasteiger partial charge < -0.3 is 29.5 Å². The number of carbonyl (C=O) groups excluding carboxylic acids is 1. The minimum absolute atomic E-state index is 0.281. The third-order valence-electron chi connectivity index (χ3n) is 5.32. The highest BCUT2D eigenvalue weighted by molar-refractivity contribution is 5.75. The third-order valence-corrected chi connectivity index (χ3v) is 5.32. The highest BCUT2D eigenvalue weighted by Gasteiger charge is 2.59. The smallest absolute Gasteiger partial charge is 0.337 e. The number of methoxy groups -OCH3 is 1. The topological polar surface area (TPSA) is 105 Å². The molecule has 23 heavy (non-hydrogen) atoms. The predicted octanol–water partition coefficient (Wildman–Crippen LogP) is 0.487. The number of ether oxygens (including phenoxy) is 3. The van der Waals surface area contributed by atoms with Gasteiger partial charge in [-0.15, -0.1) is 0 Å². The average Bonchev–Trinajstić information content (AvgIpc) is 3.00. The summed E-state index contributed by atoms with van der Waals surface area (Å²) < 4.78 is 16.4. The van der Waals surface area contributed by atoms with E-state index in [-0.39, 0.29) is 6.42 Å². The largest absolute Gasteiger partial charge is 0.467 e. The first-order valence-electron chi connectivity index (χ1n) is 7.95. The molecule has 0 spiro atoms. The van der Waals surface area contributed by atoms with Gasteiger partial charge in [0.15, 0.2) is 11.9 Å². The average molecular weight is 332 g/mol. The Morgan fingerprint density at radius 1 is 1.30 bits per heavy atom. The van der Waals surface area contributed by atoms with E-state index >= 15 is 0 Å². The highest BCUT2D eigenvalue weighted by Crippen LogP contribution is 2.49. The van der Waals surface area contributed by atoms with E-state index in [4.69, 9.17) is 9.47 Å². The molecule has 134 valence electrons. The molecular weight excluding hydrogens is 304 g/mol. The molecule has 7 heteroatoms. The van der Waals surface area contributed by atoms with Gasteiger partial charge in [-0.1, -0.05) is 0 Å². The third kappa shape index (κ3) is 3.13. The monoisotopic (exact) mass is 332 g/mol. The van der Waals surface area contributed by atoms with E-state index in [0.717, 1.165) is 0 Å². The van der Waals surface area contributed by atoms with Crippen LogP contribution >= 0.6 is 0 Å². The van der Waals surface area contributed by atoms with Gasteiger partial charge in [-0.2, -0.15) is 0 Å². The Morgan fingerprint density at radius 2 is 1.91 bits per heavy atom. The maximum Gasteiger partial charge on any atom is 0.337 e. The molecule has 0 aromatic rings. The summed E-state index contributed by atoms with van der Waals surface area (Å²) in [5, 5.41) is 30.8. The van der Waals surface area contributed by atoms with E-state index < -0.39 is 40.8 Å². The molecule has 0 radical (unpaired) electrons. The molecule has 0 bridgehead atoms. The zero-order valence-electron chi connectivity index (χ0n) is 14.5. The second kappa shape index (κ2) is 5.67. The fourth-order valence-corrected chi connectivity index (χ4v) is 3.42. The predicted molar refractivity (Wildman–Crippen MR) is 80.5 cm³/mol. The van der Waals surface area contributed by atoms with Gasteiger partial charge in [0.05, 0.1) is 18.8 Å². The quantitative estimate of drug-likeness (QED) is 0.643. The SMILES string of the molecule is COC(=O)[C@@H](O)[C@@]1(C)CC[C@@H]([C@]2(C)CCC(O)(C(C)(C)O)O2)O1. The van der Waals surface area contributed by atoms with Gasteiger partial charge in [0.1, 0.15) is 11.2 Å². The molecule has 0 saturated carbocycles. The highest BCUT2D eigenvalue weighted by atomic mass is 16.7. The van der Waals surface area contributed by atoms with Crippen molar-refractivity contribution in [2.24, 2.45) is 0 Å². The Morgan fingerprint density at radius 3 is 2.39 bits per heavy atom. The van der Waals surface area contributed by atoms with E-state index in [1.807, 2.05) is 6.92 Å².